The van der Waals surface area contributed by atoms with Gasteiger partial charge in [-0.3, -0.25) is 0 Å². The van der Waals surface area contributed by atoms with Crippen LogP contribution >= 0.6 is 0 Å². The molecule has 1 heterocycles. The zero-order chi connectivity index (χ0) is 12.4. The monoisotopic (exact) mass is 244 g/mol. The molecule has 0 radical (unpaired) electrons. The number of aliphatic hydroxyl groups is 1. The summed E-state index contributed by atoms with van der Waals surface area (Å²) in [6.07, 6.45) is 5.96. The van der Waals surface area contributed by atoms with E-state index < -0.39 is 0 Å². The SMILES string of the molecule is OC1CCC(NCc2cccc3cc[nH]c23)CC1. The van der Waals surface area contributed by atoms with E-state index in [0.29, 0.717) is 6.04 Å². The average Bonchev–Trinajstić information content (AvgIpc) is 2.87. The van der Waals surface area contributed by atoms with Crippen molar-refractivity contribution >= 4 is 10.9 Å². The summed E-state index contributed by atoms with van der Waals surface area (Å²) in [5.74, 6) is 0. The number of hydrogen-bond donors (Lipinski definition) is 3. The van der Waals surface area contributed by atoms with Gasteiger partial charge in [0, 0.05) is 24.3 Å². The van der Waals surface area contributed by atoms with Crippen molar-refractivity contribution in [2.24, 2.45) is 0 Å². The molecule has 1 saturated carbocycles. The van der Waals surface area contributed by atoms with Crippen LogP contribution in [0.15, 0.2) is 30.5 Å². The Hall–Kier alpha value is -1.32. The van der Waals surface area contributed by atoms with Gasteiger partial charge in [-0.1, -0.05) is 18.2 Å². The molecule has 1 aliphatic rings. The number of aromatic nitrogens is 1. The molecule has 0 unspecified atom stereocenters. The number of rotatable bonds is 3. The predicted octanol–water partition coefficient (Wildman–Crippen LogP) is 2.56. The molecule has 0 bridgehead atoms. The Balaban J connectivity index is 1.64. The number of nitrogens with one attached hydrogen (secondary N) is 2. The van der Waals surface area contributed by atoms with E-state index in [0.717, 1.165) is 32.2 Å². The average molecular weight is 244 g/mol. The quantitative estimate of drug-likeness (QED) is 0.777. The minimum atomic E-state index is -0.0742. The van der Waals surface area contributed by atoms with Gasteiger partial charge in [0.15, 0.2) is 0 Å². The van der Waals surface area contributed by atoms with Gasteiger partial charge >= 0.3 is 0 Å². The van der Waals surface area contributed by atoms with Gasteiger partial charge in [0.25, 0.3) is 0 Å². The van der Waals surface area contributed by atoms with Gasteiger partial charge in [0.05, 0.1) is 6.10 Å². The molecule has 3 nitrogen and oxygen atoms in total. The first kappa shape index (κ1) is 11.8. The molecule has 0 spiro atoms. The summed E-state index contributed by atoms with van der Waals surface area (Å²) >= 11 is 0. The molecule has 1 aliphatic carbocycles. The number of hydrogen-bond acceptors (Lipinski definition) is 2. The lowest BCUT2D eigenvalue weighted by Gasteiger charge is -2.26. The van der Waals surface area contributed by atoms with Crippen LogP contribution in [0.1, 0.15) is 31.2 Å². The molecule has 0 aliphatic heterocycles. The van der Waals surface area contributed by atoms with Gasteiger partial charge in [-0.25, -0.2) is 0 Å². The Morgan fingerprint density at radius 1 is 1.17 bits per heavy atom. The summed E-state index contributed by atoms with van der Waals surface area (Å²) in [5, 5.41) is 14.4. The van der Waals surface area contributed by atoms with Crippen LogP contribution in [0.2, 0.25) is 0 Å². The highest BCUT2D eigenvalue weighted by atomic mass is 16.3. The molecular weight excluding hydrogens is 224 g/mol. The number of aromatic amines is 1. The second kappa shape index (κ2) is 5.12. The highest BCUT2D eigenvalue weighted by Gasteiger charge is 2.18. The van der Waals surface area contributed by atoms with Gasteiger partial charge in [-0.2, -0.15) is 0 Å². The summed E-state index contributed by atoms with van der Waals surface area (Å²) in [6.45, 7) is 0.901. The minimum Gasteiger partial charge on any atom is -0.393 e. The number of benzene rings is 1. The van der Waals surface area contributed by atoms with Crippen LogP contribution in [0.25, 0.3) is 10.9 Å². The lowest BCUT2D eigenvalue weighted by molar-refractivity contribution is 0.116. The van der Waals surface area contributed by atoms with E-state index >= 15 is 0 Å². The van der Waals surface area contributed by atoms with E-state index in [4.69, 9.17) is 0 Å². The van der Waals surface area contributed by atoms with Gasteiger partial charge < -0.3 is 15.4 Å². The van der Waals surface area contributed by atoms with Crippen molar-refractivity contribution in [2.45, 2.75) is 44.4 Å². The fourth-order valence-corrected chi connectivity index (χ4v) is 2.83. The first-order valence-corrected chi connectivity index (χ1v) is 6.79. The standard InChI is InChI=1S/C15H20N2O/c18-14-6-4-13(5-7-14)17-10-12-3-1-2-11-8-9-16-15(11)12/h1-3,8-9,13-14,16-18H,4-7,10H2. The molecule has 96 valence electrons. The molecule has 3 N–H and O–H groups in total. The number of para-hydroxylation sites is 1. The number of H-pyrrole nitrogens is 1. The molecule has 0 saturated heterocycles. The van der Waals surface area contributed by atoms with Gasteiger partial charge in [-0.15, -0.1) is 0 Å². The Kier molecular flexibility index (Phi) is 3.35. The topological polar surface area (TPSA) is 48.0 Å². The van der Waals surface area contributed by atoms with Gasteiger partial charge in [0.2, 0.25) is 0 Å². The smallest absolute Gasteiger partial charge is 0.0541 e. The van der Waals surface area contributed by atoms with E-state index in [-0.39, 0.29) is 6.10 Å². The largest absolute Gasteiger partial charge is 0.393 e. The molecule has 18 heavy (non-hydrogen) atoms. The van der Waals surface area contributed by atoms with Crippen LogP contribution < -0.4 is 5.32 Å². The molecular formula is C15H20N2O. The highest BCUT2D eigenvalue weighted by Crippen LogP contribution is 2.20. The van der Waals surface area contributed by atoms with Crippen LogP contribution in [0.4, 0.5) is 0 Å². The van der Waals surface area contributed by atoms with Gasteiger partial charge in [-0.05, 0) is 42.7 Å². The maximum Gasteiger partial charge on any atom is 0.0541 e. The highest BCUT2D eigenvalue weighted by molar-refractivity contribution is 5.82. The first-order chi connectivity index (χ1) is 8.83. The van der Waals surface area contributed by atoms with E-state index in [1.165, 1.54) is 16.5 Å². The molecule has 0 amide bonds. The number of fused-ring (bicyclic) bond motifs is 1. The molecule has 1 aromatic carbocycles. The predicted molar refractivity (Wildman–Crippen MR) is 73.4 cm³/mol. The fourth-order valence-electron chi connectivity index (χ4n) is 2.83. The van der Waals surface area contributed by atoms with Crippen LogP contribution in [0, 0.1) is 0 Å². The van der Waals surface area contributed by atoms with Crippen molar-refractivity contribution in [1.82, 2.24) is 10.3 Å². The third-order valence-electron chi connectivity index (χ3n) is 3.95. The molecule has 3 rings (SSSR count). The Morgan fingerprint density at radius 2 is 2.00 bits per heavy atom. The summed E-state index contributed by atoms with van der Waals surface area (Å²) in [6, 6.07) is 9.07. The second-order valence-electron chi connectivity index (χ2n) is 5.25. The second-order valence-corrected chi connectivity index (χ2v) is 5.25. The van der Waals surface area contributed by atoms with E-state index in [1.54, 1.807) is 0 Å². The molecule has 1 aromatic heterocycles. The summed E-state index contributed by atoms with van der Waals surface area (Å²) in [5.41, 5.74) is 2.56. The summed E-state index contributed by atoms with van der Waals surface area (Å²) < 4.78 is 0. The van der Waals surface area contributed by atoms with Crippen molar-refractivity contribution in [3.05, 3.63) is 36.0 Å². The maximum absolute atomic E-state index is 9.49. The van der Waals surface area contributed by atoms with E-state index in [9.17, 15) is 5.11 Å². The van der Waals surface area contributed by atoms with Crippen molar-refractivity contribution in [2.75, 3.05) is 0 Å². The van der Waals surface area contributed by atoms with Crippen LogP contribution in [0.5, 0.6) is 0 Å². The van der Waals surface area contributed by atoms with Gasteiger partial charge in [0.1, 0.15) is 0 Å². The maximum atomic E-state index is 9.49. The normalized spacial score (nSPS) is 24.5. The number of aliphatic hydroxyl groups excluding tert-OH is 1. The minimum absolute atomic E-state index is 0.0742. The first-order valence-electron chi connectivity index (χ1n) is 6.79. The molecule has 3 heteroatoms. The van der Waals surface area contributed by atoms with Crippen LogP contribution in [-0.2, 0) is 6.54 Å². The van der Waals surface area contributed by atoms with E-state index in [2.05, 4.69) is 34.6 Å². The third kappa shape index (κ3) is 2.42. The lowest BCUT2D eigenvalue weighted by Crippen LogP contribution is -2.34. The zero-order valence-electron chi connectivity index (χ0n) is 10.5. The molecule has 0 atom stereocenters. The molecule has 1 fully saturated rings. The Labute approximate surface area is 107 Å². The van der Waals surface area contributed by atoms with E-state index in [1.807, 2.05) is 6.20 Å². The summed E-state index contributed by atoms with van der Waals surface area (Å²) in [7, 11) is 0. The van der Waals surface area contributed by atoms with Crippen molar-refractivity contribution in [1.29, 1.82) is 0 Å². The fraction of sp³-hybridized carbons (Fsp3) is 0.467. The Bertz CT molecular complexity index is 512. The zero-order valence-corrected chi connectivity index (χ0v) is 10.5. The Morgan fingerprint density at radius 3 is 2.83 bits per heavy atom. The lowest BCUT2D eigenvalue weighted by atomic mass is 9.93. The van der Waals surface area contributed by atoms with Crippen molar-refractivity contribution in [3.63, 3.8) is 0 Å². The molecule has 2 aromatic rings. The third-order valence-corrected chi connectivity index (χ3v) is 3.95. The van der Waals surface area contributed by atoms with Crippen LogP contribution in [0.3, 0.4) is 0 Å². The van der Waals surface area contributed by atoms with Crippen molar-refractivity contribution < 1.29 is 5.11 Å². The van der Waals surface area contributed by atoms with Crippen molar-refractivity contribution in [3.8, 4) is 0 Å². The van der Waals surface area contributed by atoms with Crippen LogP contribution in [-0.4, -0.2) is 22.2 Å². The summed E-state index contributed by atoms with van der Waals surface area (Å²) in [4.78, 5) is 3.30.